The maximum Gasteiger partial charge on any atom is 0.422 e. The number of piperidine rings is 1. The number of hydrogen-bond donors (Lipinski definition) is 2. The lowest BCUT2D eigenvalue weighted by Gasteiger charge is -2.31. The van der Waals surface area contributed by atoms with Crippen molar-refractivity contribution in [1.29, 1.82) is 0 Å². The first kappa shape index (κ1) is 27.8. The molecule has 1 aromatic carbocycles. The number of hydrogen-bond acceptors (Lipinski definition) is 9. The zero-order chi connectivity index (χ0) is 27.6. The van der Waals surface area contributed by atoms with Gasteiger partial charge in [-0.25, -0.2) is 8.42 Å². The Hall–Kier alpha value is -3.18. The molecule has 0 amide bonds. The maximum atomic E-state index is 13.0. The second-order valence-corrected chi connectivity index (χ2v) is 11.2. The van der Waals surface area contributed by atoms with Crippen LogP contribution in [0.15, 0.2) is 46.0 Å². The van der Waals surface area contributed by atoms with E-state index in [1.54, 1.807) is 11.4 Å². The summed E-state index contributed by atoms with van der Waals surface area (Å²) in [7, 11) is -3.63. The van der Waals surface area contributed by atoms with Gasteiger partial charge >= 0.3 is 18.4 Å². The van der Waals surface area contributed by atoms with Crippen molar-refractivity contribution in [2.75, 3.05) is 30.3 Å². The smallest absolute Gasteiger partial charge is 0.422 e. The highest BCUT2D eigenvalue weighted by molar-refractivity contribution is 7.91. The first-order valence-corrected chi connectivity index (χ1v) is 13.3. The minimum Gasteiger partial charge on any atom is -0.454 e. The van der Waals surface area contributed by atoms with Crippen LogP contribution in [0.3, 0.4) is 0 Å². The Kier molecular flexibility index (Phi) is 7.98. The molecule has 3 heterocycles. The Morgan fingerprint density at radius 3 is 2.34 bits per heavy atom. The lowest BCUT2D eigenvalue weighted by atomic mass is 10.1. The molecule has 0 bridgehead atoms. The quantitative estimate of drug-likeness (QED) is 0.361. The third-order valence-electron chi connectivity index (χ3n) is 5.30. The van der Waals surface area contributed by atoms with Crippen molar-refractivity contribution in [2.24, 2.45) is 0 Å². The van der Waals surface area contributed by atoms with Crippen LogP contribution in [0.2, 0.25) is 0 Å². The molecule has 0 saturated carbocycles. The number of halogens is 6. The van der Waals surface area contributed by atoms with E-state index in [0.29, 0.717) is 12.8 Å². The second kappa shape index (κ2) is 10.9. The number of nitrogens with one attached hydrogen (secondary N) is 2. The molecule has 4 rings (SSSR count). The van der Waals surface area contributed by atoms with Crippen LogP contribution in [-0.2, 0) is 16.2 Å². The van der Waals surface area contributed by atoms with E-state index in [1.807, 2.05) is 0 Å². The molecule has 0 aliphatic carbocycles. The van der Waals surface area contributed by atoms with Crippen molar-refractivity contribution >= 4 is 38.9 Å². The summed E-state index contributed by atoms with van der Waals surface area (Å²) in [6.07, 6.45) is -8.62. The summed E-state index contributed by atoms with van der Waals surface area (Å²) in [4.78, 5) is 11.6. The molecule has 0 spiro atoms. The zero-order valence-electron chi connectivity index (χ0n) is 19.3. The minimum atomic E-state index is -4.68. The van der Waals surface area contributed by atoms with Gasteiger partial charge in [0.05, 0.1) is 5.56 Å². The molecule has 206 valence electrons. The van der Waals surface area contributed by atoms with E-state index in [9.17, 15) is 34.8 Å². The number of ether oxygens (including phenoxy) is 1. The van der Waals surface area contributed by atoms with E-state index in [-0.39, 0.29) is 40.9 Å². The van der Waals surface area contributed by atoms with Gasteiger partial charge in [-0.1, -0.05) is 12.1 Å². The fourth-order valence-corrected chi connectivity index (χ4v) is 6.17. The molecule has 1 saturated heterocycles. The fourth-order valence-electron chi connectivity index (χ4n) is 3.55. The highest BCUT2D eigenvalue weighted by Crippen LogP contribution is 2.31. The van der Waals surface area contributed by atoms with E-state index < -0.39 is 40.6 Å². The Labute approximate surface area is 216 Å². The Bertz CT molecular complexity index is 1340. The van der Waals surface area contributed by atoms with Gasteiger partial charge in [-0.15, -0.1) is 11.3 Å². The Balaban J connectivity index is 1.49. The number of aromatic nitrogens is 3. The van der Waals surface area contributed by atoms with Crippen LogP contribution in [0.4, 0.5) is 43.9 Å². The summed E-state index contributed by atoms with van der Waals surface area (Å²) in [6.45, 7) is -1.34. The first-order valence-electron chi connectivity index (χ1n) is 11.0. The number of alkyl halides is 6. The predicted molar refractivity (Wildman–Crippen MR) is 126 cm³/mol. The molecule has 1 aliphatic rings. The molecule has 0 atom stereocenters. The third-order valence-corrected chi connectivity index (χ3v) is 8.57. The van der Waals surface area contributed by atoms with Gasteiger partial charge in [-0.05, 0) is 42.5 Å². The van der Waals surface area contributed by atoms with Crippen LogP contribution in [0, 0.1) is 0 Å². The van der Waals surface area contributed by atoms with Crippen molar-refractivity contribution in [3.63, 3.8) is 0 Å². The zero-order valence-corrected chi connectivity index (χ0v) is 20.9. The van der Waals surface area contributed by atoms with Crippen LogP contribution >= 0.6 is 11.3 Å². The Morgan fingerprint density at radius 2 is 1.71 bits per heavy atom. The van der Waals surface area contributed by atoms with Crippen molar-refractivity contribution in [2.45, 2.75) is 35.4 Å². The van der Waals surface area contributed by atoms with Crippen LogP contribution in [0.5, 0.6) is 6.01 Å². The van der Waals surface area contributed by atoms with E-state index >= 15 is 0 Å². The van der Waals surface area contributed by atoms with Crippen LogP contribution < -0.4 is 15.4 Å². The van der Waals surface area contributed by atoms with Gasteiger partial charge in [-0.2, -0.15) is 45.6 Å². The van der Waals surface area contributed by atoms with Gasteiger partial charge in [0, 0.05) is 24.8 Å². The van der Waals surface area contributed by atoms with Crippen LogP contribution in [0.25, 0.3) is 0 Å². The Morgan fingerprint density at radius 1 is 1.00 bits per heavy atom. The highest BCUT2D eigenvalue weighted by Gasteiger charge is 2.32. The monoisotopic (exact) mass is 582 g/mol. The first-order chi connectivity index (χ1) is 17.8. The molecule has 17 heteroatoms. The van der Waals surface area contributed by atoms with Crippen molar-refractivity contribution in [3.05, 3.63) is 47.3 Å². The SMILES string of the molecule is O=S(=O)(c1cccs1)N1CCC(Nc2nc(Nc3cccc(C(F)(F)F)c3)nc(OCC(F)(F)F)n2)CC1. The fraction of sp³-hybridized carbons (Fsp3) is 0.381. The number of rotatable bonds is 8. The number of sulfonamides is 1. The van der Waals surface area contributed by atoms with E-state index in [2.05, 4.69) is 30.3 Å². The van der Waals surface area contributed by atoms with Gasteiger partial charge < -0.3 is 15.4 Å². The minimum absolute atomic E-state index is 0.0640. The molecule has 0 unspecified atom stereocenters. The summed E-state index contributed by atoms with van der Waals surface area (Å²) >= 11 is 1.10. The molecule has 1 aliphatic heterocycles. The number of nitrogens with zero attached hydrogens (tertiary/aromatic N) is 4. The average molecular weight is 583 g/mol. The van der Waals surface area contributed by atoms with Crippen LogP contribution in [-0.4, -0.2) is 59.6 Å². The van der Waals surface area contributed by atoms with Crippen LogP contribution in [0.1, 0.15) is 18.4 Å². The summed E-state index contributed by atoms with van der Waals surface area (Å²) in [5, 5.41) is 7.11. The molecular weight excluding hydrogens is 562 g/mol. The van der Waals surface area contributed by atoms with E-state index in [4.69, 9.17) is 0 Å². The molecule has 2 N–H and O–H groups in total. The summed E-state index contributed by atoms with van der Waals surface area (Å²) in [5.41, 5.74) is -1.02. The molecule has 1 fully saturated rings. The highest BCUT2D eigenvalue weighted by atomic mass is 32.2. The van der Waals surface area contributed by atoms with Gasteiger partial charge in [0.25, 0.3) is 10.0 Å². The standard InChI is InChI=1S/C21H20F6N6O3S2/c22-20(23,24)12-36-19-31-17(30-18(32-19)29-15-4-1-3-13(11-15)21(25,26)27)28-14-6-8-33(9-7-14)38(34,35)16-5-2-10-37-16/h1-5,10-11,14H,6-9,12H2,(H2,28,29,30,31,32). The molecule has 38 heavy (non-hydrogen) atoms. The largest absolute Gasteiger partial charge is 0.454 e. The third kappa shape index (κ3) is 7.22. The van der Waals surface area contributed by atoms with E-state index in [0.717, 1.165) is 29.5 Å². The second-order valence-electron chi connectivity index (χ2n) is 8.13. The molecule has 2 aromatic heterocycles. The number of thiophene rings is 1. The number of anilines is 3. The average Bonchev–Trinajstić information content (AvgIpc) is 3.38. The molecule has 0 radical (unpaired) electrons. The lowest BCUT2D eigenvalue weighted by molar-refractivity contribution is -0.154. The lowest BCUT2D eigenvalue weighted by Crippen LogP contribution is -2.42. The van der Waals surface area contributed by atoms with Gasteiger partial charge in [0.2, 0.25) is 11.9 Å². The van der Waals surface area contributed by atoms with Gasteiger partial charge in [-0.3, -0.25) is 0 Å². The summed E-state index contributed by atoms with van der Waals surface area (Å²) in [6, 6.07) is 6.19. The summed E-state index contributed by atoms with van der Waals surface area (Å²) < 4.78 is 109. The van der Waals surface area contributed by atoms with Gasteiger partial charge in [0.15, 0.2) is 6.61 Å². The number of benzene rings is 1. The van der Waals surface area contributed by atoms with Crippen molar-refractivity contribution in [1.82, 2.24) is 19.3 Å². The predicted octanol–water partition coefficient (Wildman–Crippen LogP) is 4.90. The summed E-state index contributed by atoms with van der Waals surface area (Å²) in [5.74, 6) is -0.539. The molecular formula is C21H20F6N6O3S2. The topological polar surface area (TPSA) is 109 Å². The normalized spacial score (nSPS) is 15.8. The van der Waals surface area contributed by atoms with Crippen molar-refractivity contribution < 1.29 is 39.5 Å². The molecule has 3 aromatic rings. The van der Waals surface area contributed by atoms with Crippen molar-refractivity contribution in [3.8, 4) is 6.01 Å². The van der Waals surface area contributed by atoms with E-state index in [1.165, 1.54) is 16.4 Å². The maximum absolute atomic E-state index is 13.0. The molecule has 9 nitrogen and oxygen atoms in total. The van der Waals surface area contributed by atoms with Gasteiger partial charge in [0.1, 0.15) is 4.21 Å².